The van der Waals surface area contributed by atoms with E-state index in [9.17, 15) is 9.18 Å². The number of hydrogen-bond acceptors (Lipinski definition) is 5. The molecule has 4 aromatic rings. The Hall–Kier alpha value is -3.42. The molecule has 0 bridgehead atoms. The summed E-state index contributed by atoms with van der Waals surface area (Å²) in [6, 6.07) is 20.6. The van der Waals surface area contributed by atoms with Crippen LogP contribution in [-0.2, 0) is 6.54 Å². The minimum Gasteiger partial charge on any atom is -0.336 e. The first-order valence-electron chi connectivity index (χ1n) is 10.9. The van der Waals surface area contributed by atoms with Crippen molar-refractivity contribution in [3.63, 3.8) is 0 Å². The summed E-state index contributed by atoms with van der Waals surface area (Å²) in [7, 11) is 0. The Morgan fingerprint density at radius 3 is 2.30 bits per heavy atom. The van der Waals surface area contributed by atoms with E-state index in [0.717, 1.165) is 30.1 Å². The van der Waals surface area contributed by atoms with Crippen molar-refractivity contribution >= 4 is 17.2 Å². The number of hydrogen-bond donors (Lipinski definition) is 0. The maximum Gasteiger partial charge on any atom is 0.257 e. The van der Waals surface area contributed by atoms with Gasteiger partial charge in [-0.1, -0.05) is 48.5 Å². The van der Waals surface area contributed by atoms with Crippen LogP contribution in [0.15, 0.2) is 79.1 Å². The van der Waals surface area contributed by atoms with Crippen LogP contribution in [0.1, 0.15) is 15.2 Å². The Bertz CT molecular complexity index is 1230. The number of rotatable bonds is 5. The molecule has 1 saturated heterocycles. The molecule has 5 rings (SSSR count). The van der Waals surface area contributed by atoms with E-state index in [4.69, 9.17) is 0 Å². The highest BCUT2D eigenvalue weighted by molar-refractivity contribution is 7.15. The molecule has 0 radical (unpaired) electrons. The van der Waals surface area contributed by atoms with Crippen molar-refractivity contribution in [2.24, 2.45) is 0 Å². The third-order valence-electron chi connectivity index (χ3n) is 5.77. The van der Waals surface area contributed by atoms with Crippen LogP contribution in [0, 0.1) is 5.82 Å². The summed E-state index contributed by atoms with van der Waals surface area (Å²) in [4.78, 5) is 28.0. The zero-order valence-corrected chi connectivity index (χ0v) is 18.8. The lowest BCUT2D eigenvalue weighted by molar-refractivity contribution is 0.0629. The molecular weight excluding hydrogens is 435 g/mol. The maximum absolute atomic E-state index is 14.1. The Morgan fingerprint density at radius 2 is 1.58 bits per heavy atom. The molecule has 0 aliphatic carbocycles. The van der Waals surface area contributed by atoms with E-state index in [0.29, 0.717) is 30.0 Å². The molecule has 0 atom stereocenters. The minimum atomic E-state index is -0.196. The van der Waals surface area contributed by atoms with Gasteiger partial charge in [0, 0.05) is 66.0 Å². The largest absolute Gasteiger partial charge is 0.336 e. The topological polar surface area (TPSA) is 49.3 Å². The molecule has 166 valence electrons. The SMILES string of the molecule is O=C(c1cnc(-c2ccccc2)nc1)N1CCN(Cc2ccc(-c3ccccc3F)s2)CC1. The second-order valence-corrected chi connectivity index (χ2v) is 9.14. The maximum atomic E-state index is 14.1. The number of aromatic nitrogens is 2. The van der Waals surface area contributed by atoms with E-state index in [1.54, 1.807) is 29.8 Å². The number of carbonyl (C=O) groups is 1. The fourth-order valence-electron chi connectivity index (χ4n) is 3.96. The first-order valence-corrected chi connectivity index (χ1v) is 11.7. The van der Waals surface area contributed by atoms with Crippen molar-refractivity contribution in [3.05, 3.63) is 95.4 Å². The van der Waals surface area contributed by atoms with Crippen molar-refractivity contribution in [2.45, 2.75) is 6.54 Å². The van der Waals surface area contributed by atoms with E-state index in [2.05, 4.69) is 20.9 Å². The fraction of sp³-hybridized carbons (Fsp3) is 0.192. The molecule has 1 amide bonds. The number of thiophene rings is 1. The molecular formula is C26H23FN4OS. The molecule has 1 aliphatic rings. The summed E-state index contributed by atoms with van der Waals surface area (Å²) in [6.45, 7) is 3.70. The molecule has 33 heavy (non-hydrogen) atoms. The molecule has 7 heteroatoms. The Kier molecular flexibility index (Phi) is 6.24. The van der Waals surface area contributed by atoms with Gasteiger partial charge in [-0.2, -0.15) is 0 Å². The van der Waals surface area contributed by atoms with E-state index < -0.39 is 0 Å². The lowest BCUT2D eigenvalue weighted by Crippen LogP contribution is -2.48. The molecule has 2 aromatic carbocycles. The van der Waals surface area contributed by atoms with Gasteiger partial charge in [0.25, 0.3) is 5.91 Å². The standard InChI is InChI=1S/C26H23FN4OS/c27-23-9-5-4-8-22(23)24-11-10-21(33-24)18-30-12-14-31(15-13-30)26(32)20-16-28-25(29-17-20)19-6-2-1-3-7-19/h1-11,16-17H,12-15,18H2. The van der Waals surface area contributed by atoms with Gasteiger partial charge in [0.15, 0.2) is 5.82 Å². The van der Waals surface area contributed by atoms with Gasteiger partial charge in [0.1, 0.15) is 5.82 Å². The first-order chi connectivity index (χ1) is 16.2. The smallest absolute Gasteiger partial charge is 0.257 e. The van der Waals surface area contributed by atoms with Gasteiger partial charge in [-0.15, -0.1) is 11.3 Å². The summed E-state index contributed by atoms with van der Waals surface area (Å²) >= 11 is 1.62. The zero-order chi connectivity index (χ0) is 22.6. The first kappa shape index (κ1) is 21.4. The lowest BCUT2D eigenvalue weighted by atomic mass is 10.2. The quantitative estimate of drug-likeness (QED) is 0.424. The Labute approximate surface area is 196 Å². The van der Waals surface area contributed by atoms with Gasteiger partial charge >= 0.3 is 0 Å². The lowest BCUT2D eigenvalue weighted by Gasteiger charge is -2.34. The number of carbonyl (C=O) groups excluding carboxylic acids is 1. The highest BCUT2D eigenvalue weighted by Gasteiger charge is 2.23. The Morgan fingerprint density at radius 1 is 0.879 bits per heavy atom. The molecule has 3 heterocycles. The van der Waals surface area contributed by atoms with Crippen LogP contribution in [0.3, 0.4) is 0 Å². The molecule has 0 saturated carbocycles. The summed E-state index contributed by atoms with van der Waals surface area (Å²) in [6.07, 6.45) is 3.22. The summed E-state index contributed by atoms with van der Waals surface area (Å²) in [5, 5.41) is 0. The third kappa shape index (κ3) is 4.84. The number of amides is 1. The van der Waals surface area contributed by atoms with Crippen LogP contribution in [0.5, 0.6) is 0 Å². The normalized spacial score (nSPS) is 14.4. The number of piperazine rings is 1. The van der Waals surface area contributed by atoms with E-state index in [-0.39, 0.29) is 11.7 Å². The van der Waals surface area contributed by atoms with Gasteiger partial charge in [0.05, 0.1) is 5.56 Å². The third-order valence-corrected chi connectivity index (χ3v) is 6.87. The average Bonchev–Trinajstić information content (AvgIpc) is 3.33. The van der Waals surface area contributed by atoms with Crippen molar-refractivity contribution in [2.75, 3.05) is 26.2 Å². The van der Waals surface area contributed by atoms with Gasteiger partial charge in [-0.3, -0.25) is 9.69 Å². The molecule has 2 aromatic heterocycles. The number of halogens is 1. The highest BCUT2D eigenvalue weighted by atomic mass is 32.1. The van der Waals surface area contributed by atoms with Crippen molar-refractivity contribution in [1.82, 2.24) is 19.8 Å². The Balaban J connectivity index is 1.17. The predicted molar refractivity (Wildman–Crippen MR) is 128 cm³/mol. The molecule has 1 aliphatic heterocycles. The molecule has 5 nitrogen and oxygen atoms in total. The second kappa shape index (κ2) is 9.60. The van der Waals surface area contributed by atoms with Crippen LogP contribution in [0.2, 0.25) is 0 Å². The number of benzene rings is 2. The molecule has 0 spiro atoms. The van der Waals surface area contributed by atoms with E-state index >= 15 is 0 Å². The number of nitrogens with zero attached hydrogens (tertiary/aromatic N) is 4. The highest BCUT2D eigenvalue weighted by Crippen LogP contribution is 2.30. The van der Waals surface area contributed by atoms with Crippen molar-refractivity contribution in [3.8, 4) is 21.8 Å². The minimum absolute atomic E-state index is 0.0350. The van der Waals surface area contributed by atoms with Gasteiger partial charge in [-0.25, -0.2) is 14.4 Å². The average molecular weight is 459 g/mol. The van der Waals surface area contributed by atoms with Crippen molar-refractivity contribution in [1.29, 1.82) is 0 Å². The molecule has 1 fully saturated rings. The summed E-state index contributed by atoms with van der Waals surface area (Å²) in [5.41, 5.74) is 2.08. The summed E-state index contributed by atoms with van der Waals surface area (Å²) < 4.78 is 14.1. The van der Waals surface area contributed by atoms with Crippen LogP contribution >= 0.6 is 11.3 Å². The molecule has 0 N–H and O–H groups in total. The van der Waals surface area contributed by atoms with E-state index in [1.165, 1.54) is 10.9 Å². The van der Waals surface area contributed by atoms with E-state index in [1.807, 2.05) is 53.4 Å². The van der Waals surface area contributed by atoms with Crippen LogP contribution in [0.4, 0.5) is 4.39 Å². The van der Waals surface area contributed by atoms with Crippen LogP contribution in [0.25, 0.3) is 21.8 Å². The molecule has 0 unspecified atom stereocenters. The van der Waals surface area contributed by atoms with Gasteiger partial charge in [-0.05, 0) is 18.2 Å². The van der Waals surface area contributed by atoms with Crippen LogP contribution in [-0.4, -0.2) is 51.9 Å². The van der Waals surface area contributed by atoms with Gasteiger partial charge < -0.3 is 4.90 Å². The monoisotopic (exact) mass is 458 g/mol. The zero-order valence-electron chi connectivity index (χ0n) is 18.0. The predicted octanol–water partition coefficient (Wildman–Crippen LogP) is 4.97. The summed E-state index contributed by atoms with van der Waals surface area (Å²) in [5.74, 6) is 0.383. The van der Waals surface area contributed by atoms with Crippen LogP contribution < -0.4 is 0 Å². The van der Waals surface area contributed by atoms with Gasteiger partial charge in [0.2, 0.25) is 0 Å². The second-order valence-electron chi connectivity index (χ2n) is 7.98. The fourth-order valence-corrected chi connectivity index (χ4v) is 5.03. The van der Waals surface area contributed by atoms with Crippen molar-refractivity contribution < 1.29 is 9.18 Å².